The molecule has 1 heterocycles. The summed E-state index contributed by atoms with van der Waals surface area (Å²) in [4.78, 5) is 11.5. The highest BCUT2D eigenvalue weighted by molar-refractivity contribution is 5.76. The number of amides is 1. The Balaban J connectivity index is 2.25. The fourth-order valence-corrected chi connectivity index (χ4v) is 2.11. The maximum atomic E-state index is 11.5. The Hall–Kier alpha value is -1.71. The lowest BCUT2D eigenvalue weighted by molar-refractivity contribution is -0.121. The summed E-state index contributed by atoms with van der Waals surface area (Å²) in [6, 6.07) is 5.74. The smallest absolute Gasteiger partial charge is 0.220 e. The minimum Gasteiger partial charge on any atom is -0.497 e. The van der Waals surface area contributed by atoms with Crippen molar-refractivity contribution in [2.45, 2.75) is 18.8 Å². The second-order valence-electron chi connectivity index (χ2n) is 4.12. The molecule has 1 aromatic rings. The standard InChI is InChI=1S/C13H17NO3/c1-14-13(15)7-9-5-6-17-12-4-3-10(16-2)8-11(9)12/h3-4,8-9H,5-7H2,1-2H3,(H,14,15). The molecule has 1 aliphatic heterocycles. The first kappa shape index (κ1) is 11.8. The summed E-state index contributed by atoms with van der Waals surface area (Å²) in [6.45, 7) is 0.668. The van der Waals surface area contributed by atoms with E-state index in [9.17, 15) is 4.79 Å². The predicted octanol–water partition coefficient (Wildman–Crippen LogP) is 1.70. The van der Waals surface area contributed by atoms with Gasteiger partial charge >= 0.3 is 0 Å². The van der Waals surface area contributed by atoms with Gasteiger partial charge in [-0.1, -0.05) is 0 Å². The topological polar surface area (TPSA) is 47.6 Å². The molecule has 17 heavy (non-hydrogen) atoms. The molecule has 1 N–H and O–H groups in total. The van der Waals surface area contributed by atoms with Crippen LogP contribution < -0.4 is 14.8 Å². The molecule has 1 amide bonds. The molecular formula is C13H17NO3. The average molecular weight is 235 g/mol. The second kappa shape index (κ2) is 5.08. The van der Waals surface area contributed by atoms with Gasteiger partial charge in [-0.25, -0.2) is 0 Å². The van der Waals surface area contributed by atoms with Gasteiger partial charge in [-0.2, -0.15) is 0 Å². The van der Waals surface area contributed by atoms with Crippen LogP contribution in [0, 0.1) is 0 Å². The van der Waals surface area contributed by atoms with Crippen molar-refractivity contribution >= 4 is 5.91 Å². The number of benzene rings is 1. The molecule has 0 spiro atoms. The number of carbonyl (C=O) groups excluding carboxylic acids is 1. The zero-order chi connectivity index (χ0) is 12.3. The lowest BCUT2D eigenvalue weighted by atomic mass is 9.90. The summed E-state index contributed by atoms with van der Waals surface area (Å²) in [5.74, 6) is 1.95. The van der Waals surface area contributed by atoms with E-state index in [0.717, 1.165) is 23.5 Å². The fourth-order valence-electron chi connectivity index (χ4n) is 2.11. The molecule has 0 aliphatic carbocycles. The predicted molar refractivity (Wildman–Crippen MR) is 64.5 cm³/mol. The van der Waals surface area contributed by atoms with Crippen molar-refractivity contribution in [2.24, 2.45) is 0 Å². The van der Waals surface area contributed by atoms with Gasteiger partial charge in [0.15, 0.2) is 0 Å². The van der Waals surface area contributed by atoms with Gasteiger partial charge in [0.05, 0.1) is 13.7 Å². The van der Waals surface area contributed by atoms with E-state index < -0.39 is 0 Å². The molecule has 4 nitrogen and oxygen atoms in total. The van der Waals surface area contributed by atoms with Crippen molar-refractivity contribution in [3.8, 4) is 11.5 Å². The first-order valence-electron chi connectivity index (χ1n) is 5.76. The lowest BCUT2D eigenvalue weighted by Gasteiger charge is -2.25. The summed E-state index contributed by atoms with van der Waals surface area (Å²) in [5.41, 5.74) is 1.07. The van der Waals surface area contributed by atoms with Crippen LogP contribution in [0.2, 0.25) is 0 Å². The number of nitrogens with one attached hydrogen (secondary N) is 1. The Bertz CT molecular complexity index is 417. The van der Waals surface area contributed by atoms with Crippen LogP contribution >= 0.6 is 0 Å². The maximum absolute atomic E-state index is 11.5. The Labute approximate surface area is 101 Å². The van der Waals surface area contributed by atoms with Gasteiger partial charge in [0.1, 0.15) is 11.5 Å². The lowest BCUT2D eigenvalue weighted by Crippen LogP contribution is -2.23. The highest BCUT2D eigenvalue weighted by atomic mass is 16.5. The molecule has 1 atom stereocenters. The van der Waals surface area contributed by atoms with E-state index in [1.54, 1.807) is 14.2 Å². The minimum absolute atomic E-state index is 0.0608. The van der Waals surface area contributed by atoms with Crippen LogP contribution in [0.5, 0.6) is 11.5 Å². The summed E-state index contributed by atoms with van der Waals surface area (Å²) >= 11 is 0. The number of fused-ring (bicyclic) bond motifs is 1. The van der Waals surface area contributed by atoms with Gasteiger partial charge in [-0.3, -0.25) is 4.79 Å². The molecule has 92 valence electrons. The number of methoxy groups -OCH3 is 1. The third-order valence-corrected chi connectivity index (χ3v) is 3.09. The van der Waals surface area contributed by atoms with Crippen LogP contribution in [0.15, 0.2) is 18.2 Å². The number of hydrogen-bond donors (Lipinski definition) is 1. The van der Waals surface area contributed by atoms with Crippen LogP contribution in [0.25, 0.3) is 0 Å². The number of hydrogen-bond acceptors (Lipinski definition) is 3. The number of rotatable bonds is 3. The maximum Gasteiger partial charge on any atom is 0.220 e. The van der Waals surface area contributed by atoms with Gasteiger partial charge in [0, 0.05) is 19.0 Å². The Morgan fingerprint density at radius 2 is 2.41 bits per heavy atom. The molecule has 0 aromatic heterocycles. The molecule has 1 aromatic carbocycles. The third-order valence-electron chi connectivity index (χ3n) is 3.09. The van der Waals surface area contributed by atoms with E-state index in [2.05, 4.69) is 5.32 Å². The van der Waals surface area contributed by atoms with Crippen molar-refractivity contribution in [3.63, 3.8) is 0 Å². The van der Waals surface area contributed by atoms with E-state index in [1.807, 2.05) is 18.2 Å². The summed E-state index contributed by atoms with van der Waals surface area (Å²) < 4.78 is 10.8. The van der Waals surface area contributed by atoms with Gasteiger partial charge in [-0.05, 0) is 30.5 Å². The third kappa shape index (κ3) is 2.52. The van der Waals surface area contributed by atoms with Gasteiger partial charge in [0.25, 0.3) is 0 Å². The van der Waals surface area contributed by atoms with Gasteiger partial charge in [0.2, 0.25) is 5.91 Å². The Kier molecular flexibility index (Phi) is 3.52. The van der Waals surface area contributed by atoms with Crippen LogP contribution in [0.4, 0.5) is 0 Å². The molecule has 1 unspecified atom stereocenters. The highest BCUT2D eigenvalue weighted by Gasteiger charge is 2.24. The SMILES string of the molecule is CNC(=O)CC1CCOc2ccc(OC)cc21. The van der Waals surface area contributed by atoms with Crippen molar-refractivity contribution < 1.29 is 14.3 Å². The quantitative estimate of drug-likeness (QED) is 0.867. The Morgan fingerprint density at radius 3 is 3.12 bits per heavy atom. The van der Waals surface area contributed by atoms with E-state index in [1.165, 1.54) is 0 Å². The molecule has 0 saturated carbocycles. The van der Waals surface area contributed by atoms with Crippen molar-refractivity contribution in [3.05, 3.63) is 23.8 Å². The van der Waals surface area contributed by atoms with Crippen molar-refractivity contribution in [1.29, 1.82) is 0 Å². The van der Waals surface area contributed by atoms with Crippen LogP contribution in [-0.4, -0.2) is 26.7 Å². The average Bonchev–Trinajstić information content (AvgIpc) is 2.38. The largest absolute Gasteiger partial charge is 0.497 e. The summed E-state index contributed by atoms with van der Waals surface area (Å²) in [5, 5.41) is 2.66. The highest BCUT2D eigenvalue weighted by Crippen LogP contribution is 2.37. The molecule has 0 radical (unpaired) electrons. The van der Waals surface area contributed by atoms with Gasteiger partial charge < -0.3 is 14.8 Å². The molecule has 0 bridgehead atoms. The zero-order valence-corrected chi connectivity index (χ0v) is 10.2. The van der Waals surface area contributed by atoms with Crippen LogP contribution in [0.3, 0.4) is 0 Å². The molecule has 4 heteroatoms. The van der Waals surface area contributed by atoms with Gasteiger partial charge in [-0.15, -0.1) is 0 Å². The van der Waals surface area contributed by atoms with Crippen LogP contribution in [-0.2, 0) is 4.79 Å². The van der Waals surface area contributed by atoms with E-state index in [4.69, 9.17) is 9.47 Å². The molecule has 0 saturated heterocycles. The number of ether oxygens (including phenoxy) is 2. The minimum atomic E-state index is 0.0608. The summed E-state index contributed by atoms with van der Waals surface area (Å²) in [6.07, 6.45) is 1.37. The van der Waals surface area contributed by atoms with E-state index >= 15 is 0 Å². The van der Waals surface area contributed by atoms with Crippen molar-refractivity contribution in [2.75, 3.05) is 20.8 Å². The van der Waals surface area contributed by atoms with Crippen molar-refractivity contribution in [1.82, 2.24) is 5.32 Å². The monoisotopic (exact) mass is 235 g/mol. The summed E-state index contributed by atoms with van der Waals surface area (Å²) in [7, 11) is 3.30. The fraction of sp³-hybridized carbons (Fsp3) is 0.462. The number of carbonyl (C=O) groups is 1. The first-order valence-corrected chi connectivity index (χ1v) is 5.76. The molecule has 2 rings (SSSR count). The Morgan fingerprint density at radius 1 is 1.59 bits per heavy atom. The first-order chi connectivity index (χ1) is 8.24. The second-order valence-corrected chi connectivity index (χ2v) is 4.12. The van der Waals surface area contributed by atoms with E-state index in [0.29, 0.717) is 13.0 Å². The molecule has 0 fully saturated rings. The molecular weight excluding hydrogens is 218 g/mol. The van der Waals surface area contributed by atoms with E-state index in [-0.39, 0.29) is 11.8 Å². The van der Waals surface area contributed by atoms with Crippen LogP contribution in [0.1, 0.15) is 24.3 Å². The zero-order valence-electron chi connectivity index (χ0n) is 10.2. The normalized spacial score (nSPS) is 17.9. The molecule has 1 aliphatic rings.